The van der Waals surface area contributed by atoms with Gasteiger partial charge in [0.15, 0.2) is 0 Å². The molecule has 0 fully saturated rings. The van der Waals surface area contributed by atoms with Gasteiger partial charge in [0.05, 0.1) is 13.7 Å². The summed E-state index contributed by atoms with van der Waals surface area (Å²) in [6.07, 6.45) is 5.46. The number of amides is 1. The van der Waals surface area contributed by atoms with Crippen molar-refractivity contribution in [3.8, 4) is 16.9 Å². The number of carbonyl (C=O) groups excluding carboxylic acids is 2. The number of methoxy groups -OCH3 is 1. The smallest absolute Gasteiger partial charge is 0.341 e. The lowest BCUT2D eigenvalue weighted by Crippen LogP contribution is -2.15. The zero-order valence-corrected chi connectivity index (χ0v) is 22.4. The van der Waals surface area contributed by atoms with Gasteiger partial charge in [0, 0.05) is 17.4 Å². The maximum Gasteiger partial charge on any atom is 0.341 e. The Morgan fingerprint density at radius 2 is 1.72 bits per heavy atom. The Balaban J connectivity index is 1.37. The van der Waals surface area contributed by atoms with Crippen LogP contribution in [0.4, 0.5) is 5.00 Å². The van der Waals surface area contributed by atoms with Crippen molar-refractivity contribution >= 4 is 28.2 Å². The van der Waals surface area contributed by atoms with Crippen molar-refractivity contribution in [2.75, 3.05) is 19.0 Å². The first-order valence-corrected chi connectivity index (χ1v) is 13.5. The molecule has 190 valence electrons. The van der Waals surface area contributed by atoms with Gasteiger partial charge in [-0.05, 0) is 71.9 Å². The quantitative estimate of drug-likeness (QED) is 0.260. The number of carbonyl (C=O) groups is 2. The largest absolute Gasteiger partial charge is 0.494 e. The Morgan fingerprint density at radius 1 is 1.00 bits per heavy atom. The van der Waals surface area contributed by atoms with Crippen LogP contribution in [0, 0.1) is 0 Å². The van der Waals surface area contributed by atoms with Gasteiger partial charge in [0.25, 0.3) is 0 Å². The van der Waals surface area contributed by atoms with Crippen LogP contribution in [0.1, 0.15) is 73.5 Å². The molecule has 1 aromatic heterocycles. The van der Waals surface area contributed by atoms with Gasteiger partial charge in [-0.3, -0.25) is 4.79 Å². The molecule has 6 heteroatoms. The number of anilines is 1. The van der Waals surface area contributed by atoms with Crippen molar-refractivity contribution in [1.29, 1.82) is 0 Å². The molecule has 1 amide bonds. The van der Waals surface area contributed by atoms with Crippen LogP contribution in [0.15, 0.2) is 47.8 Å². The first-order valence-electron chi connectivity index (χ1n) is 12.6. The van der Waals surface area contributed by atoms with Crippen LogP contribution in [0.5, 0.6) is 5.75 Å². The number of nitrogens with one attached hydrogen (secondary N) is 1. The third-order valence-electron chi connectivity index (χ3n) is 6.63. The average molecular weight is 506 g/mol. The van der Waals surface area contributed by atoms with E-state index < -0.39 is 5.97 Å². The summed E-state index contributed by atoms with van der Waals surface area (Å²) in [6.45, 7) is 6.97. The van der Waals surface area contributed by atoms with Crippen molar-refractivity contribution in [3.05, 3.63) is 70.1 Å². The molecule has 4 rings (SSSR count). The normalized spacial score (nSPS) is 13.1. The zero-order valence-electron chi connectivity index (χ0n) is 21.6. The van der Waals surface area contributed by atoms with Crippen molar-refractivity contribution in [1.82, 2.24) is 0 Å². The first kappa shape index (κ1) is 26.0. The monoisotopic (exact) mass is 505 g/mol. The summed E-state index contributed by atoms with van der Waals surface area (Å²) in [5.74, 6) is 0.205. The van der Waals surface area contributed by atoms with E-state index in [1.54, 1.807) is 0 Å². The minimum absolute atomic E-state index is 0.0984. The van der Waals surface area contributed by atoms with E-state index in [1.807, 2.05) is 17.5 Å². The standard InChI is InChI=1S/C30H35NO4S/c1-30(2,3)23-13-15-24(16-14-23)35-17-7-10-26(32)31-28-27(29(33)34-4)25(19-36-28)22-12-11-20-8-5-6-9-21(20)18-22/h11-16,18-19H,5-10,17H2,1-4H3,(H,31,32). The zero-order chi connectivity index (χ0) is 25.7. The molecule has 0 saturated carbocycles. The molecular weight excluding hydrogens is 470 g/mol. The van der Waals surface area contributed by atoms with Gasteiger partial charge in [-0.25, -0.2) is 4.79 Å². The number of ether oxygens (including phenoxy) is 2. The number of hydrogen-bond donors (Lipinski definition) is 1. The molecule has 3 aromatic rings. The van der Waals surface area contributed by atoms with E-state index in [4.69, 9.17) is 9.47 Å². The Bertz CT molecular complexity index is 1220. The number of benzene rings is 2. The van der Waals surface area contributed by atoms with Crippen molar-refractivity contribution < 1.29 is 19.1 Å². The van der Waals surface area contributed by atoms with Crippen molar-refractivity contribution in [3.63, 3.8) is 0 Å². The molecule has 1 N–H and O–H groups in total. The molecule has 0 aliphatic heterocycles. The summed E-state index contributed by atoms with van der Waals surface area (Å²) < 4.78 is 10.9. The lowest BCUT2D eigenvalue weighted by molar-refractivity contribution is -0.116. The van der Waals surface area contributed by atoms with Crippen LogP contribution >= 0.6 is 11.3 Å². The Morgan fingerprint density at radius 3 is 2.42 bits per heavy atom. The summed E-state index contributed by atoms with van der Waals surface area (Å²) >= 11 is 1.36. The third-order valence-corrected chi connectivity index (χ3v) is 7.53. The van der Waals surface area contributed by atoms with Crippen LogP contribution in [-0.2, 0) is 27.8 Å². The lowest BCUT2D eigenvalue weighted by atomic mass is 9.87. The summed E-state index contributed by atoms with van der Waals surface area (Å²) in [5.41, 5.74) is 6.29. The highest BCUT2D eigenvalue weighted by atomic mass is 32.1. The molecule has 2 aromatic carbocycles. The number of fused-ring (bicyclic) bond motifs is 1. The average Bonchev–Trinajstić information content (AvgIpc) is 3.29. The Labute approximate surface area is 217 Å². The molecule has 0 atom stereocenters. The molecule has 5 nitrogen and oxygen atoms in total. The number of esters is 1. The highest BCUT2D eigenvalue weighted by Crippen LogP contribution is 2.38. The lowest BCUT2D eigenvalue weighted by Gasteiger charge is -2.19. The molecule has 0 radical (unpaired) electrons. The predicted octanol–water partition coefficient (Wildman–Crippen LogP) is 7.18. The van der Waals surface area contributed by atoms with Gasteiger partial charge in [-0.1, -0.05) is 51.1 Å². The maximum atomic E-state index is 12.7. The maximum absolute atomic E-state index is 12.7. The second-order valence-corrected chi connectivity index (χ2v) is 11.2. The van der Waals surface area contributed by atoms with E-state index in [0.29, 0.717) is 30.0 Å². The van der Waals surface area contributed by atoms with E-state index >= 15 is 0 Å². The molecule has 1 heterocycles. The first-order chi connectivity index (χ1) is 17.3. The van der Waals surface area contributed by atoms with Gasteiger partial charge >= 0.3 is 5.97 Å². The van der Waals surface area contributed by atoms with E-state index in [2.05, 4.69) is 56.4 Å². The second-order valence-electron chi connectivity index (χ2n) is 10.3. The van der Waals surface area contributed by atoms with E-state index in [9.17, 15) is 9.59 Å². The van der Waals surface area contributed by atoms with E-state index in [-0.39, 0.29) is 11.3 Å². The molecule has 1 aliphatic rings. The highest BCUT2D eigenvalue weighted by Gasteiger charge is 2.23. The third kappa shape index (κ3) is 6.16. The SMILES string of the molecule is COC(=O)c1c(-c2ccc3c(c2)CCCC3)csc1NC(=O)CCCOc1ccc(C(C)(C)C)cc1. The van der Waals surface area contributed by atoms with Gasteiger partial charge in [0.1, 0.15) is 16.3 Å². The molecule has 0 spiro atoms. The number of aryl methyl sites for hydroxylation is 2. The van der Waals surface area contributed by atoms with Gasteiger partial charge < -0.3 is 14.8 Å². The fraction of sp³-hybridized carbons (Fsp3) is 0.400. The van der Waals surface area contributed by atoms with E-state index in [0.717, 1.165) is 29.7 Å². The summed E-state index contributed by atoms with van der Waals surface area (Å²) in [6, 6.07) is 14.5. The van der Waals surface area contributed by atoms with Crippen molar-refractivity contribution in [2.45, 2.75) is 64.7 Å². The number of hydrogen-bond acceptors (Lipinski definition) is 5. The second kappa shape index (κ2) is 11.3. The number of thiophene rings is 1. The molecule has 0 unspecified atom stereocenters. The van der Waals surface area contributed by atoms with Crippen LogP contribution in [0.3, 0.4) is 0 Å². The van der Waals surface area contributed by atoms with Gasteiger partial charge in [0.2, 0.25) is 5.91 Å². The molecule has 0 bridgehead atoms. The van der Waals surface area contributed by atoms with Crippen LogP contribution in [-0.4, -0.2) is 25.6 Å². The molecule has 36 heavy (non-hydrogen) atoms. The molecular formula is C30H35NO4S. The van der Waals surface area contributed by atoms with Crippen LogP contribution in [0.25, 0.3) is 11.1 Å². The topological polar surface area (TPSA) is 64.6 Å². The van der Waals surface area contributed by atoms with Crippen molar-refractivity contribution in [2.24, 2.45) is 0 Å². The summed E-state index contributed by atoms with van der Waals surface area (Å²) in [7, 11) is 1.37. The fourth-order valence-electron chi connectivity index (χ4n) is 4.53. The van der Waals surface area contributed by atoms with Gasteiger partial charge in [-0.15, -0.1) is 11.3 Å². The molecule has 1 aliphatic carbocycles. The number of rotatable bonds is 8. The summed E-state index contributed by atoms with van der Waals surface area (Å²) in [4.78, 5) is 25.3. The fourth-order valence-corrected chi connectivity index (χ4v) is 5.50. The highest BCUT2D eigenvalue weighted by molar-refractivity contribution is 7.15. The predicted molar refractivity (Wildman–Crippen MR) is 146 cm³/mol. The van der Waals surface area contributed by atoms with Crippen LogP contribution in [0.2, 0.25) is 0 Å². The Hall–Kier alpha value is -3.12. The van der Waals surface area contributed by atoms with Gasteiger partial charge in [-0.2, -0.15) is 0 Å². The summed E-state index contributed by atoms with van der Waals surface area (Å²) in [5, 5.41) is 5.38. The van der Waals surface area contributed by atoms with E-state index in [1.165, 1.54) is 48.0 Å². The molecule has 0 saturated heterocycles. The minimum atomic E-state index is -0.443. The van der Waals surface area contributed by atoms with Crippen LogP contribution < -0.4 is 10.1 Å². The minimum Gasteiger partial charge on any atom is -0.494 e. The Kier molecular flexibility index (Phi) is 8.14.